The van der Waals surface area contributed by atoms with Crippen LogP contribution in [0.3, 0.4) is 0 Å². The van der Waals surface area contributed by atoms with E-state index >= 15 is 0 Å². The Kier molecular flexibility index (Phi) is 5.61. The maximum atomic E-state index is 12.9. The summed E-state index contributed by atoms with van der Waals surface area (Å²) in [5.41, 5.74) is -0.278. The van der Waals surface area contributed by atoms with E-state index in [1.165, 1.54) is 0 Å². The smallest absolute Gasteiger partial charge is 0.312 e. The number of Topliss-reactive ketones (excluding diaryl/α,β-unsaturated/α-hetero) is 1. The molecule has 0 aromatic heterocycles. The third-order valence-electron chi connectivity index (χ3n) is 5.19. The van der Waals surface area contributed by atoms with Crippen LogP contribution < -0.4 is 4.74 Å². The maximum Gasteiger partial charge on any atom is 0.312 e. The molecule has 0 spiro atoms. The lowest BCUT2D eigenvalue weighted by Crippen LogP contribution is -2.49. The molecule has 1 aliphatic carbocycles. The molecule has 3 rings (SSSR count). The Morgan fingerprint density at radius 3 is 2.41 bits per heavy atom. The fraction of sp³-hybridized carbons (Fsp3) is 0.364. The van der Waals surface area contributed by atoms with Gasteiger partial charge in [0.2, 0.25) is 0 Å². The monoisotopic (exact) mass is 368 g/mol. The molecule has 1 aliphatic rings. The van der Waals surface area contributed by atoms with Gasteiger partial charge in [-0.3, -0.25) is 9.59 Å². The predicted octanol–water partition coefficient (Wildman–Crippen LogP) is 3.21. The Bertz CT molecular complexity index is 799. The number of rotatable bonds is 5. The number of ether oxygens (including phenoxy) is 2. The van der Waals surface area contributed by atoms with E-state index in [0.29, 0.717) is 11.3 Å². The minimum Gasteiger partial charge on any atom is -0.497 e. The normalized spacial score (nSPS) is 25.1. The largest absolute Gasteiger partial charge is 0.497 e. The summed E-state index contributed by atoms with van der Waals surface area (Å²) in [6, 6.07) is 16.2. The zero-order valence-electron chi connectivity index (χ0n) is 15.6. The van der Waals surface area contributed by atoms with Crippen LogP contribution in [0.15, 0.2) is 54.6 Å². The highest BCUT2D eigenvalue weighted by molar-refractivity contribution is 5.87. The van der Waals surface area contributed by atoms with Gasteiger partial charge in [0.1, 0.15) is 17.1 Å². The molecule has 5 nitrogen and oxygen atoms in total. The van der Waals surface area contributed by atoms with Gasteiger partial charge in [-0.2, -0.15) is 0 Å². The molecule has 2 aromatic carbocycles. The molecule has 0 radical (unpaired) electrons. The molecule has 2 aromatic rings. The molecule has 27 heavy (non-hydrogen) atoms. The SMILES string of the molecule is CCOC(=O)[C@H]1[C@H](c2ccccc2)CC(=O)C[C@]1(O)c1ccc(OC)cc1. The predicted molar refractivity (Wildman–Crippen MR) is 100 cm³/mol. The molecular weight excluding hydrogens is 344 g/mol. The first-order valence-corrected chi connectivity index (χ1v) is 9.09. The molecule has 0 aliphatic heterocycles. The average molecular weight is 368 g/mol. The Labute approximate surface area is 158 Å². The van der Waals surface area contributed by atoms with E-state index < -0.39 is 23.4 Å². The molecule has 1 N–H and O–H groups in total. The highest BCUT2D eigenvalue weighted by Crippen LogP contribution is 2.48. The van der Waals surface area contributed by atoms with Crippen molar-refractivity contribution in [2.24, 2.45) is 5.92 Å². The van der Waals surface area contributed by atoms with Crippen molar-refractivity contribution in [2.75, 3.05) is 13.7 Å². The highest BCUT2D eigenvalue weighted by atomic mass is 16.5. The number of esters is 1. The molecule has 1 fully saturated rings. The number of ketones is 1. The van der Waals surface area contributed by atoms with E-state index in [9.17, 15) is 14.7 Å². The Hall–Kier alpha value is -2.66. The fourth-order valence-corrected chi connectivity index (χ4v) is 3.94. The topological polar surface area (TPSA) is 72.8 Å². The number of hydrogen-bond acceptors (Lipinski definition) is 5. The van der Waals surface area contributed by atoms with Crippen LogP contribution >= 0.6 is 0 Å². The molecule has 142 valence electrons. The van der Waals surface area contributed by atoms with Gasteiger partial charge >= 0.3 is 5.97 Å². The van der Waals surface area contributed by atoms with Crippen molar-refractivity contribution in [2.45, 2.75) is 31.3 Å². The summed E-state index contributed by atoms with van der Waals surface area (Å²) in [6.07, 6.45) is 0.0815. The maximum absolute atomic E-state index is 12.9. The summed E-state index contributed by atoms with van der Waals surface area (Å²) in [7, 11) is 1.56. The van der Waals surface area contributed by atoms with Crippen LogP contribution in [0.5, 0.6) is 5.75 Å². The van der Waals surface area contributed by atoms with Crippen LogP contribution in [-0.2, 0) is 19.9 Å². The van der Waals surface area contributed by atoms with E-state index in [-0.39, 0.29) is 25.2 Å². The number of carbonyl (C=O) groups excluding carboxylic acids is 2. The lowest BCUT2D eigenvalue weighted by molar-refractivity contribution is -0.167. The van der Waals surface area contributed by atoms with Crippen molar-refractivity contribution < 1.29 is 24.2 Å². The van der Waals surface area contributed by atoms with Crippen LogP contribution in [-0.4, -0.2) is 30.6 Å². The van der Waals surface area contributed by atoms with Crippen molar-refractivity contribution in [1.29, 1.82) is 0 Å². The molecule has 0 unspecified atom stereocenters. The third-order valence-corrected chi connectivity index (χ3v) is 5.19. The lowest BCUT2D eigenvalue weighted by atomic mass is 9.63. The summed E-state index contributed by atoms with van der Waals surface area (Å²) in [4.78, 5) is 25.4. The number of aliphatic hydroxyl groups is 1. The van der Waals surface area contributed by atoms with E-state index in [0.717, 1.165) is 5.56 Å². The van der Waals surface area contributed by atoms with Gasteiger partial charge in [0.05, 0.1) is 19.6 Å². The first kappa shape index (κ1) is 19.1. The van der Waals surface area contributed by atoms with Crippen molar-refractivity contribution in [3.63, 3.8) is 0 Å². The van der Waals surface area contributed by atoms with Gasteiger partial charge in [-0.15, -0.1) is 0 Å². The number of methoxy groups -OCH3 is 1. The Morgan fingerprint density at radius 1 is 1.15 bits per heavy atom. The Balaban J connectivity index is 2.10. The van der Waals surface area contributed by atoms with E-state index in [1.807, 2.05) is 30.3 Å². The van der Waals surface area contributed by atoms with Gasteiger partial charge in [0, 0.05) is 18.8 Å². The zero-order chi connectivity index (χ0) is 19.4. The first-order chi connectivity index (χ1) is 13.0. The standard InChI is InChI=1S/C22H24O5/c1-3-27-21(24)20-19(15-7-5-4-6-8-15)13-17(23)14-22(20,25)16-9-11-18(26-2)12-10-16/h4-12,19-20,25H,3,13-14H2,1-2H3/t19-,20+,22-/m0/s1. The molecule has 0 bridgehead atoms. The van der Waals surface area contributed by atoms with Gasteiger partial charge in [-0.25, -0.2) is 0 Å². The van der Waals surface area contributed by atoms with Crippen LogP contribution in [0.25, 0.3) is 0 Å². The van der Waals surface area contributed by atoms with Crippen LogP contribution in [0, 0.1) is 5.92 Å². The molecule has 3 atom stereocenters. The second kappa shape index (κ2) is 7.92. The van der Waals surface area contributed by atoms with Crippen molar-refractivity contribution >= 4 is 11.8 Å². The van der Waals surface area contributed by atoms with Gasteiger partial charge in [-0.1, -0.05) is 42.5 Å². The summed E-state index contributed by atoms with van der Waals surface area (Å²) in [5, 5.41) is 11.6. The van der Waals surface area contributed by atoms with Gasteiger partial charge in [-0.05, 0) is 30.2 Å². The van der Waals surface area contributed by atoms with Crippen LogP contribution in [0.1, 0.15) is 36.8 Å². The minimum atomic E-state index is -1.63. The van der Waals surface area contributed by atoms with E-state index in [1.54, 1.807) is 38.3 Å². The van der Waals surface area contributed by atoms with E-state index in [2.05, 4.69) is 0 Å². The van der Waals surface area contributed by atoms with Gasteiger partial charge in [0.25, 0.3) is 0 Å². The third kappa shape index (κ3) is 3.74. The van der Waals surface area contributed by atoms with Gasteiger partial charge < -0.3 is 14.6 Å². The lowest BCUT2D eigenvalue weighted by Gasteiger charge is -2.43. The molecule has 0 amide bonds. The van der Waals surface area contributed by atoms with Crippen molar-refractivity contribution in [1.82, 2.24) is 0 Å². The summed E-state index contributed by atoms with van der Waals surface area (Å²) in [6.45, 7) is 1.94. The fourth-order valence-electron chi connectivity index (χ4n) is 3.94. The zero-order valence-corrected chi connectivity index (χ0v) is 15.6. The highest BCUT2D eigenvalue weighted by Gasteiger charge is 2.53. The molecule has 5 heteroatoms. The quantitative estimate of drug-likeness (QED) is 0.821. The Morgan fingerprint density at radius 2 is 1.81 bits per heavy atom. The number of hydrogen-bond donors (Lipinski definition) is 1. The molecule has 1 saturated carbocycles. The van der Waals surface area contributed by atoms with Crippen LogP contribution in [0.4, 0.5) is 0 Å². The first-order valence-electron chi connectivity index (χ1n) is 9.09. The summed E-state index contributed by atoms with van der Waals surface area (Å²) >= 11 is 0. The average Bonchev–Trinajstić information content (AvgIpc) is 2.68. The molecule has 0 heterocycles. The second-order valence-corrected chi connectivity index (χ2v) is 6.82. The summed E-state index contributed by atoms with van der Waals surface area (Å²) < 4.78 is 10.5. The second-order valence-electron chi connectivity index (χ2n) is 6.82. The molecular formula is C22H24O5. The summed E-state index contributed by atoms with van der Waals surface area (Å²) in [5.74, 6) is -1.25. The van der Waals surface area contributed by atoms with E-state index in [4.69, 9.17) is 9.47 Å². The number of carbonyl (C=O) groups is 2. The van der Waals surface area contributed by atoms with Crippen molar-refractivity contribution in [3.8, 4) is 5.75 Å². The van der Waals surface area contributed by atoms with Gasteiger partial charge in [0.15, 0.2) is 0 Å². The minimum absolute atomic E-state index is 0.0808. The number of benzene rings is 2. The van der Waals surface area contributed by atoms with Crippen LogP contribution in [0.2, 0.25) is 0 Å². The van der Waals surface area contributed by atoms with Crippen molar-refractivity contribution in [3.05, 3.63) is 65.7 Å². The molecule has 0 saturated heterocycles.